The summed E-state index contributed by atoms with van der Waals surface area (Å²) in [4.78, 5) is 38.6. The van der Waals surface area contributed by atoms with E-state index in [4.69, 9.17) is 22.3 Å². The van der Waals surface area contributed by atoms with Gasteiger partial charge >= 0.3 is 5.97 Å². The van der Waals surface area contributed by atoms with Crippen molar-refractivity contribution in [2.45, 2.75) is 44.0 Å². The third kappa shape index (κ3) is 8.83. The Morgan fingerprint density at radius 2 is 1.68 bits per heavy atom. The van der Waals surface area contributed by atoms with E-state index in [-0.39, 0.29) is 25.3 Å². The maximum absolute atomic E-state index is 12.0. The van der Waals surface area contributed by atoms with E-state index in [0.717, 1.165) is 0 Å². The van der Waals surface area contributed by atoms with E-state index in [1.54, 1.807) is 0 Å². The number of nitrogens with zero attached hydrogens (tertiary/aromatic N) is 1. The van der Waals surface area contributed by atoms with Crippen LogP contribution < -0.4 is 27.8 Å². The molecule has 0 aromatic heterocycles. The van der Waals surface area contributed by atoms with E-state index in [1.165, 1.54) is 6.92 Å². The fourth-order valence-electron chi connectivity index (χ4n) is 1.71. The van der Waals surface area contributed by atoms with Crippen LogP contribution in [-0.2, 0) is 14.4 Å². The maximum atomic E-state index is 12.0. The van der Waals surface area contributed by atoms with E-state index in [2.05, 4.69) is 15.6 Å². The van der Waals surface area contributed by atoms with Gasteiger partial charge in [-0.05, 0) is 19.8 Å². The second-order valence-corrected chi connectivity index (χ2v) is 5.36. The van der Waals surface area contributed by atoms with Gasteiger partial charge in [0.2, 0.25) is 11.8 Å². The Morgan fingerprint density at radius 1 is 1.12 bits per heavy atom. The number of amides is 2. The number of aliphatic carboxylic acids is 1. The minimum atomic E-state index is -1.41. The third-order valence-corrected chi connectivity index (χ3v) is 3.20. The molecule has 12 nitrogen and oxygen atoms in total. The highest BCUT2D eigenvalue weighted by Gasteiger charge is 2.28. The molecule has 0 heterocycles. The van der Waals surface area contributed by atoms with Gasteiger partial charge in [-0.2, -0.15) is 0 Å². The van der Waals surface area contributed by atoms with E-state index in [1.807, 2.05) is 0 Å². The molecule has 0 aromatic rings. The predicted octanol–water partition coefficient (Wildman–Crippen LogP) is -4.21. The summed E-state index contributed by atoms with van der Waals surface area (Å²) in [5.41, 5.74) is 15.7. The normalized spacial score (nSPS) is 15.4. The molecule has 0 aliphatic rings. The monoisotopic (exact) mass is 362 g/mol. The first kappa shape index (κ1) is 22.6. The fourth-order valence-corrected chi connectivity index (χ4v) is 1.71. The summed E-state index contributed by atoms with van der Waals surface area (Å²) >= 11 is 0. The number of guanidine groups is 1. The highest BCUT2D eigenvalue weighted by molar-refractivity contribution is 5.92. The standard InChI is InChI=1S/C13H26N6O6/c1-6(21)9(14)11(23)19-8(5-20)10(22)18-7(12(24)25)3-2-4-17-13(15)16/h6-9,20-21H,2-5,14H2,1H3,(H,18,22)(H,19,23)(H,24,25)(H4,15,16,17)/t6-,7+,8+,9+/m1/s1. The van der Waals surface area contributed by atoms with Crippen LogP contribution in [0.4, 0.5) is 0 Å². The lowest BCUT2D eigenvalue weighted by Gasteiger charge is -2.22. The van der Waals surface area contributed by atoms with Gasteiger partial charge in [-0.25, -0.2) is 4.79 Å². The van der Waals surface area contributed by atoms with Gasteiger partial charge < -0.3 is 43.2 Å². The van der Waals surface area contributed by atoms with Crippen LogP contribution in [-0.4, -0.2) is 76.4 Å². The van der Waals surface area contributed by atoms with E-state index in [9.17, 15) is 24.6 Å². The first-order valence-corrected chi connectivity index (χ1v) is 7.53. The fraction of sp³-hybridized carbons (Fsp3) is 0.692. The molecule has 0 aliphatic carbocycles. The minimum Gasteiger partial charge on any atom is -0.480 e. The average Bonchev–Trinajstić information content (AvgIpc) is 2.53. The predicted molar refractivity (Wildman–Crippen MR) is 88.2 cm³/mol. The molecule has 25 heavy (non-hydrogen) atoms. The van der Waals surface area contributed by atoms with Crippen LogP contribution in [0.15, 0.2) is 4.99 Å². The van der Waals surface area contributed by atoms with Gasteiger partial charge in [0.05, 0.1) is 12.7 Å². The van der Waals surface area contributed by atoms with Crippen LogP contribution in [0.25, 0.3) is 0 Å². The summed E-state index contributed by atoms with van der Waals surface area (Å²) in [6.07, 6.45) is -0.834. The summed E-state index contributed by atoms with van der Waals surface area (Å²) in [6.45, 7) is 0.700. The summed E-state index contributed by atoms with van der Waals surface area (Å²) in [5.74, 6) is -3.18. The van der Waals surface area contributed by atoms with Crippen LogP contribution in [0, 0.1) is 0 Å². The number of hydrogen-bond acceptors (Lipinski definition) is 7. The molecule has 0 saturated heterocycles. The number of aliphatic imine (C=N–C) groups is 1. The zero-order valence-corrected chi connectivity index (χ0v) is 13.9. The molecule has 0 aliphatic heterocycles. The molecular weight excluding hydrogens is 336 g/mol. The van der Waals surface area contributed by atoms with Gasteiger partial charge in [0.15, 0.2) is 5.96 Å². The van der Waals surface area contributed by atoms with Gasteiger partial charge in [0, 0.05) is 6.54 Å². The summed E-state index contributed by atoms with van der Waals surface area (Å²) in [5, 5.41) is 31.9. The smallest absolute Gasteiger partial charge is 0.326 e. The number of hydrogen-bond donors (Lipinski definition) is 8. The largest absolute Gasteiger partial charge is 0.480 e. The van der Waals surface area contributed by atoms with Gasteiger partial charge in [-0.3, -0.25) is 14.6 Å². The zero-order chi connectivity index (χ0) is 19.6. The number of nitrogens with two attached hydrogens (primary N) is 3. The Balaban J connectivity index is 4.71. The van der Waals surface area contributed by atoms with E-state index < -0.39 is 48.6 Å². The number of nitrogens with one attached hydrogen (secondary N) is 2. The van der Waals surface area contributed by atoms with Crippen molar-refractivity contribution in [3.05, 3.63) is 0 Å². The van der Waals surface area contributed by atoms with Crippen LogP contribution >= 0.6 is 0 Å². The lowest BCUT2D eigenvalue weighted by Crippen LogP contribution is -2.57. The zero-order valence-electron chi connectivity index (χ0n) is 13.9. The molecule has 12 heteroatoms. The van der Waals surface area contributed by atoms with Crippen LogP contribution in [0.1, 0.15) is 19.8 Å². The Labute approximate surface area is 144 Å². The molecule has 4 atom stereocenters. The first-order valence-electron chi connectivity index (χ1n) is 7.53. The topological polar surface area (TPSA) is 226 Å². The Kier molecular flexibility index (Phi) is 10.1. The minimum absolute atomic E-state index is 0.0388. The molecule has 0 unspecified atom stereocenters. The van der Waals surface area contributed by atoms with Crippen LogP contribution in [0.2, 0.25) is 0 Å². The number of rotatable bonds is 11. The molecule has 11 N–H and O–H groups in total. The van der Waals surface area contributed by atoms with Crippen molar-refractivity contribution < 1.29 is 29.7 Å². The second kappa shape index (κ2) is 11.2. The van der Waals surface area contributed by atoms with Crippen molar-refractivity contribution >= 4 is 23.7 Å². The molecule has 2 amide bonds. The molecular formula is C13H26N6O6. The second-order valence-electron chi connectivity index (χ2n) is 5.36. The lowest BCUT2D eigenvalue weighted by atomic mass is 10.1. The maximum Gasteiger partial charge on any atom is 0.326 e. The Bertz CT molecular complexity index is 493. The summed E-state index contributed by atoms with van der Waals surface area (Å²) in [6, 6.07) is -3.95. The first-order chi connectivity index (χ1) is 11.6. The molecule has 0 saturated carbocycles. The highest BCUT2D eigenvalue weighted by atomic mass is 16.4. The van der Waals surface area contributed by atoms with Gasteiger partial charge in [0.1, 0.15) is 18.1 Å². The number of carbonyl (C=O) groups excluding carboxylic acids is 2. The Hall–Kier alpha value is -2.44. The van der Waals surface area contributed by atoms with Crippen molar-refractivity contribution in [1.82, 2.24) is 10.6 Å². The van der Waals surface area contributed by atoms with Crippen molar-refractivity contribution in [3.63, 3.8) is 0 Å². The lowest BCUT2D eigenvalue weighted by molar-refractivity contribution is -0.142. The molecule has 0 aromatic carbocycles. The summed E-state index contributed by atoms with van der Waals surface area (Å²) in [7, 11) is 0. The van der Waals surface area contributed by atoms with E-state index in [0.29, 0.717) is 0 Å². The Morgan fingerprint density at radius 3 is 2.12 bits per heavy atom. The van der Waals surface area contributed by atoms with Crippen molar-refractivity contribution in [2.75, 3.05) is 13.2 Å². The van der Waals surface area contributed by atoms with Crippen LogP contribution in [0.5, 0.6) is 0 Å². The van der Waals surface area contributed by atoms with Crippen molar-refractivity contribution in [1.29, 1.82) is 0 Å². The molecule has 0 radical (unpaired) electrons. The van der Waals surface area contributed by atoms with Gasteiger partial charge in [0.25, 0.3) is 0 Å². The van der Waals surface area contributed by atoms with E-state index >= 15 is 0 Å². The van der Waals surface area contributed by atoms with Crippen LogP contribution in [0.3, 0.4) is 0 Å². The number of aliphatic hydroxyl groups is 2. The van der Waals surface area contributed by atoms with Crippen molar-refractivity contribution in [2.24, 2.45) is 22.2 Å². The third-order valence-electron chi connectivity index (χ3n) is 3.20. The highest BCUT2D eigenvalue weighted by Crippen LogP contribution is 2.00. The van der Waals surface area contributed by atoms with Gasteiger partial charge in [-0.15, -0.1) is 0 Å². The number of carboxylic acid groups (broad SMARTS) is 1. The summed E-state index contributed by atoms with van der Waals surface area (Å²) < 4.78 is 0. The molecule has 0 rings (SSSR count). The SMILES string of the molecule is C[C@@H](O)[C@H](N)C(=O)N[C@@H](CO)C(=O)N[C@@H](CCCN=C(N)N)C(=O)O. The number of carbonyl (C=O) groups is 3. The molecule has 0 bridgehead atoms. The molecule has 0 fully saturated rings. The average molecular weight is 362 g/mol. The number of aliphatic hydroxyl groups excluding tert-OH is 2. The molecule has 0 spiro atoms. The number of carboxylic acids is 1. The quantitative estimate of drug-likeness (QED) is 0.101. The van der Waals surface area contributed by atoms with Crippen molar-refractivity contribution in [3.8, 4) is 0 Å². The molecule has 144 valence electrons. The van der Waals surface area contributed by atoms with Gasteiger partial charge in [-0.1, -0.05) is 0 Å².